The molecule has 2 aliphatic rings. The summed E-state index contributed by atoms with van der Waals surface area (Å²) >= 11 is 6.28. The van der Waals surface area contributed by atoms with Crippen molar-refractivity contribution in [2.24, 2.45) is 11.8 Å². The third-order valence-corrected chi connectivity index (χ3v) is 7.37. The van der Waals surface area contributed by atoms with E-state index in [-0.39, 0.29) is 36.2 Å². The van der Waals surface area contributed by atoms with E-state index in [1.54, 1.807) is 12.1 Å². The van der Waals surface area contributed by atoms with E-state index in [1.807, 2.05) is 34.9 Å². The van der Waals surface area contributed by atoms with E-state index >= 15 is 0 Å². The van der Waals surface area contributed by atoms with Gasteiger partial charge >= 0.3 is 0 Å². The Morgan fingerprint density at radius 2 is 1.82 bits per heavy atom. The number of aryl methyl sites for hydroxylation is 1. The van der Waals surface area contributed by atoms with Crippen LogP contribution in [0.4, 0.5) is 0 Å². The Morgan fingerprint density at radius 3 is 2.53 bits per heavy atom. The molecule has 2 aliphatic heterocycles. The second-order valence-electron chi connectivity index (χ2n) is 9.66. The molecule has 2 fully saturated rings. The van der Waals surface area contributed by atoms with Crippen LogP contribution < -0.4 is 4.74 Å². The largest absolute Gasteiger partial charge is 0.483 e. The van der Waals surface area contributed by atoms with Gasteiger partial charge in [-0.1, -0.05) is 30.7 Å². The summed E-state index contributed by atoms with van der Waals surface area (Å²) in [5.41, 5.74) is 4.03. The summed E-state index contributed by atoms with van der Waals surface area (Å²) in [5.74, 6) is 1.50. The highest BCUT2D eigenvalue weighted by molar-refractivity contribution is 6.31. The summed E-state index contributed by atoms with van der Waals surface area (Å²) in [4.78, 5) is 29.7. The number of nitrogens with one attached hydrogen (secondary N) is 1. The lowest BCUT2D eigenvalue weighted by molar-refractivity contribution is -0.132. The molecular weight excluding hydrogens is 454 g/mol. The number of aromatic amines is 1. The number of amides is 2. The molecule has 0 aliphatic carbocycles. The zero-order valence-corrected chi connectivity index (χ0v) is 20.3. The molecule has 178 valence electrons. The average molecular weight is 482 g/mol. The predicted octanol–water partition coefficient (Wildman–Crippen LogP) is 3.65. The van der Waals surface area contributed by atoms with Crippen LogP contribution in [0.15, 0.2) is 30.3 Å². The number of carbonyl (C=O) groups excluding carboxylic acids is 2. The lowest BCUT2D eigenvalue weighted by atomic mass is 10.0. The number of likely N-dealkylation sites (tertiary alicyclic amines) is 2. The highest BCUT2D eigenvalue weighted by atomic mass is 35.5. The standard InChI is InChI=1S/C25H28ClN5O3/c1-14(2)19-8-20(26)15(3)6-23(19)34-13-24(32)30-9-17-11-31(12-18(17)10-30)25(33)16-4-5-21-22(7-16)28-29-27-21/h4-8,14,17-18H,9-13H2,1-3H3,(H,27,28,29)/t17-,18-/m0/s1. The fourth-order valence-corrected chi connectivity index (χ4v) is 5.17. The van der Waals surface area contributed by atoms with Gasteiger partial charge in [-0.3, -0.25) is 14.7 Å². The Morgan fingerprint density at radius 1 is 1.12 bits per heavy atom. The van der Waals surface area contributed by atoms with Gasteiger partial charge in [-0.25, -0.2) is 0 Å². The minimum atomic E-state index is -0.0222. The molecule has 0 unspecified atom stereocenters. The summed E-state index contributed by atoms with van der Waals surface area (Å²) in [6.45, 7) is 8.69. The predicted molar refractivity (Wildman–Crippen MR) is 129 cm³/mol. The number of hydrogen-bond acceptors (Lipinski definition) is 5. The van der Waals surface area contributed by atoms with Crippen LogP contribution in [0.3, 0.4) is 0 Å². The lowest BCUT2D eigenvalue weighted by Gasteiger charge is -2.22. The third-order valence-electron chi connectivity index (χ3n) is 6.96. The first-order valence-electron chi connectivity index (χ1n) is 11.6. The topological polar surface area (TPSA) is 91.4 Å². The van der Waals surface area contributed by atoms with Crippen LogP contribution in [-0.4, -0.2) is 69.8 Å². The second-order valence-corrected chi connectivity index (χ2v) is 10.1. The van der Waals surface area contributed by atoms with Crippen molar-refractivity contribution >= 4 is 34.4 Å². The van der Waals surface area contributed by atoms with Gasteiger partial charge in [-0.2, -0.15) is 0 Å². The number of rotatable bonds is 5. The molecule has 1 aromatic heterocycles. The van der Waals surface area contributed by atoms with Crippen LogP contribution in [0.25, 0.3) is 11.0 Å². The third kappa shape index (κ3) is 4.22. The molecular formula is C25H28ClN5O3. The molecule has 2 saturated heterocycles. The first-order valence-corrected chi connectivity index (χ1v) is 12.0. The highest BCUT2D eigenvalue weighted by Crippen LogP contribution is 2.34. The molecule has 34 heavy (non-hydrogen) atoms. The fourth-order valence-electron chi connectivity index (χ4n) is 5.00. The van der Waals surface area contributed by atoms with E-state index in [9.17, 15) is 9.59 Å². The molecule has 0 spiro atoms. The number of H-pyrrole nitrogens is 1. The van der Waals surface area contributed by atoms with Crippen molar-refractivity contribution < 1.29 is 14.3 Å². The highest BCUT2D eigenvalue weighted by Gasteiger charge is 2.43. The maximum atomic E-state index is 13.0. The molecule has 5 rings (SSSR count). The van der Waals surface area contributed by atoms with Crippen molar-refractivity contribution in [3.8, 4) is 5.75 Å². The first kappa shape index (κ1) is 22.7. The van der Waals surface area contributed by atoms with Crippen LogP contribution >= 0.6 is 11.6 Å². The molecule has 3 heterocycles. The van der Waals surface area contributed by atoms with Crippen LogP contribution in [0.2, 0.25) is 5.02 Å². The summed E-state index contributed by atoms with van der Waals surface area (Å²) < 4.78 is 5.95. The van der Waals surface area contributed by atoms with Crippen molar-refractivity contribution in [3.05, 3.63) is 52.0 Å². The van der Waals surface area contributed by atoms with Gasteiger partial charge in [-0.05, 0) is 54.3 Å². The molecule has 2 aromatic carbocycles. The zero-order valence-electron chi connectivity index (χ0n) is 19.5. The average Bonchev–Trinajstić information content (AvgIpc) is 3.52. The van der Waals surface area contributed by atoms with Gasteiger partial charge in [0.25, 0.3) is 11.8 Å². The summed E-state index contributed by atoms with van der Waals surface area (Å²) in [5, 5.41) is 11.3. The minimum Gasteiger partial charge on any atom is -0.483 e. The van der Waals surface area contributed by atoms with Crippen molar-refractivity contribution in [2.45, 2.75) is 26.7 Å². The number of hydrogen-bond donors (Lipinski definition) is 1. The number of nitrogens with zero attached hydrogens (tertiary/aromatic N) is 4. The summed E-state index contributed by atoms with van der Waals surface area (Å²) in [6, 6.07) is 9.23. The van der Waals surface area contributed by atoms with E-state index in [0.29, 0.717) is 48.0 Å². The van der Waals surface area contributed by atoms with Gasteiger partial charge in [0.05, 0.1) is 5.52 Å². The maximum Gasteiger partial charge on any atom is 0.260 e. The number of ether oxygens (including phenoxy) is 1. The molecule has 9 heteroatoms. The normalized spacial score (nSPS) is 19.8. The number of aromatic nitrogens is 3. The Hall–Kier alpha value is -3.13. The van der Waals surface area contributed by atoms with Gasteiger partial charge < -0.3 is 14.5 Å². The molecule has 1 N–H and O–H groups in total. The van der Waals surface area contributed by atoms with Crippen molar-refractivity contribution in [1.82, 2.24) is 25.2 Å². The first-order chi connectivity index (χ1) is 16.3. The monoisotopic (exact) mass is 481 g/mol. The van der Waals surface area contributed by atoms with Crippen LogP contribution in [0.5, 0.6) is 5.75 Å². The van der Waals surface area contributed by atoms with Gasteiger partial charge in [-0.15, -0.1) is 5.10 Å². The van der Waals surface area contributed by atoms with Crippen LogP contribution in [0, 0.1) is 18.8 Å². The quantitative estimate of drug-likeness (QED) is 0.600. The van der Waals surface area contributed by atoms with E-state index < -0.39 is 0 Å². The van der Waals surface area contributed by atoms with Gasteiger partial charge in [0.1, 0.15) is 11.3 Å². The molecule has 0 saturated carbocycles. The number of fused-ring (bicyclic) bond motifs is 2. The van der Waals surface area contributed by atoms with Crippen molar-refractivity contribution in [3.63, 3.8) is 0 Å². The Bertz CT molecular complexity index is 1240. The van der Waals surface area contributed by atoms with Crippen molar-refractivity contribution in [2.75, 3.05) is 32.8 Å². The van der Waals surface area contributed by atoms with Gasteiger partial charge in [0, 0.05) is 48.6 Å². The molecule has 0 radical (unpaired) electrons. The summed E-state index contributed by atoms with van der Waals surface area (Å²) in [7, 11) is 0. The van der Waals surface area contributed by atoms with E-state index in [2.05, 4.69) is 29.3 Å². The van der Waals surface area contributed by atoms with E-state index in [0.717, 1.165) is 16.6 Å². The van der Waals surface area contributed by atoms with Crippen molar-refractivity contribution in [1.29, 1.82) is 0 Å². The van der Waals surface area contributed by atoms with E-state index in [1.165, 1.54) is 0 Å². The smallest absolute Gasteiger partial charge is 0.260 e. The van der Waals surface area contributed by atoms with Gasteiger partial charge in [0.15, 0.2) is 6.61 Å². The SMILES string of the molecule is Cc1cc(OCC(=O)N2C[C@H]3CN(C(=O)c4ccc5[nH]nnc5c4)C[C@@H]3C2)c(C(C)C)cc1Cl. The number of benzene rings is 2. The van der Waals surface area contributed by atoms with E-state index in [4.69, 9.17) is 16.3 Å². The number of carbonyl (C=O) groups is 2. The van der Waals surface area contributed by atoms with Crippen LogP contribution in [0.1, 0.15) is 41.3 Å². The number of halogens is 1. The molecule has 3 aromatic rings. The maximum absolute atomic E-state index is 13.0. The minimum absolute atomic E-state index is 0.000155. The van der Waals surface area contributed by atoms with Crippen LogP contribution in [-0.2, 0) is 4.79 Å². The Labute approximate surface area is 203 Å². The van der Waals surface area contributed by atoms with Gasteiger partial charge in [0.2, 0.25) is 0 Å². The lowest BCUT2D eigenvalue weighted by Crippen LogP contribution is -2.37. The zero-order chi connectivity index (χ0) is 24.0. The second kappa shape index (κ2) is 8.91. The molecule has 2 amide bonds. The molecule has 0 bridgehead atoms. The fraction of sp³-hybridized carbons (Fsp3) is 0.440. The molecule has 2 atom stereocenters. The summed E-state index contributed by atoms with van der Waals surface area (Å²) in [6.07, 6.45) is 0. The Balaban J connectivity index is 1.18. The molecule has 8 nitrogen and oxygen atoms in total. The Kier molecular flexibility index (Phi) is 5.93.